The summed E-state index contributed by atoms with van der Waals surface area (Å²) in [7, 11) is 0. The van der Waals surface area contributed by atoms with E-state index in [1.807, 2.05) is 13.0 Å². The molecule has 0 spiro atoms. The Morgan fingerprint density at radius 2 is 2.08 bits per heavy atom. The lowest BCUT2D eigenvalue weighted by atomic mass is 9.78. The highest BCUT2D eigenvalue weighted by Gasteiger charge is 2.44. The van der Waals surface area contributed by atoms with Gasteiger partial charge in [0.05, 0.1) is 6.42 Å². The number of Topliss-reactive ketones (excluding diaryl/α,β-unsaturated/α-hetero) is 2. The van der Waals surface area contributed by atoms with E-state index in [1.165, 1.54) is 0 Å². The van der Waals surface area contributed by atoms with Crippen LogP contribution >= 0.6 is 0 Å². The van der Waals surface area contributed by atoms with E-state index >= 15 is 0 Å². The lowest BCUT2D eigenvalue weighted by Gasteiger charge is -2.24. The van der Waals surface area contributed by atoms with E-state index in [1.54, 1.807) is 0 Å². The number of hydrogen-bond donors (Lipinski definition) is 0. The van der Waals surface area contributed by atoms with Gasteiger partial charge in [0.1, 0.15) is 11.6 Å². The van der Waals surface area contributed by atoms with Gasteiger partial charge in [-0.3, -0.25) is 9.59 Å². The highest BCUT2D eigenvalue weighted by Crippen LogP contribution is 2.37. The second-order valence-corrected chi connectivity index (χ2v) is 3.76. The average molecular weight is 164 g/mol. The van der Waals surface area contributed by atoms with Crippen molar-refractivity contribution in [3.63, 3.8) is 0 Å². The summed E-state index contributed by atoms with van der Waals surface area (Å²) in [5.41, 5.74) is 0. The van der Waals surface area contributed by atoms with Crippen LogP contribution in [0.15, 0.2) is 12.2 Å². The van der Waals surface area contributed by atoms with E-state index in [4.69, 9.17) is 0 Å². The Morgan fingerprint density at radius 1 is 1.33 bits per heavy atom. The molecule has 0 bridgehead atoms. The van der Waals surface area contributed by atoms with Crippen LogP contribution in [0.2, 0.25) is 0 Å². The van der Waals surface area contributed by atoms with Gasteiger partial charge in [-0.15, -0.1) is 0 Å². The summed E-state index contributed by atoms with van der Waals surface area (Å²) in [6.07, 6.45) is 5.04. The summed E-state index contributed by atoms with van der Waals surface area (Å²) < 4.78 is 0. The molecule has 0 saturated heterocycles. The third-order valence-electron chi connectivity index (χ3n) is 2.96. The first-order valence-corrected chi connectivity index (χ1v) is 4.42. The summed E-state index contributed by atoms with van der Waals surface area (Å²) >= 11 is 0. The van der Waals surface area contributed by atoms with Crippen molar-refractivity contribution in [2.45, 2.75) is 19.8 Å². The molecule has 0 aromatic heterocycles. The van der Waals surface area contributed by atoms with Crippen molar-refractivity contribution >= 4 is 11.6 Å². The van der Waals surface area contributed by atoms with E-state index in [-0.39, 0.29) is 35.7 Å². The number of allylic oxidation sites excluding steroid dienone is 2. The molecule has 2 rings (SSSR count). The van der Waals surface area contributed by atoms with Crippen LogP contribution < -0.4 is 0 Å². The van der Waals surface area contributed by atoms with Gasteiger partial charge in [-0.25, -0.2) is 0 Å². The SMILES string of the molecule is CC1C=CCC2C(=O)CC(=O)C12. The van der Waals surface area contributed by atoms with E-state index in [2.05, 4.69) is 6.08 Å². The zero-order valence-electron chi connectivity index (χ0n) is 7.12. The Balaban J connectivity index is 2.32. The number of fused-ring (bicyclic) bond motifs is 1. The lowest BCUT2D eigenvalue weighted by molar-refractivity contribution is -0.123. The molecule has 3 unspecified atom stereocenters. The Hall–Kier alpha value is -0.920. The van der Waals surface area contributed by atoms with Crippen LogP contribution in [0.4, 0.5) is 0 Å². The molecule has 0 heterocycles. The molecule has 1 saturated carbocycles. The molecule has 2 aliphatic carbocycles. The Kier molecular flexibility index (Phi) is 1.63. The van der Waals surface area contributed by atoms with Crippen molar-refractivity contribution in [1.82, 2.24) is 0 Å². The van der Waals surface area contributed by atoms with Gasteiger partial charge >= 0.3 is 0 Å². The Labute approximate surface area is 71.6 Å². The molecule has 0 N–H and O–H groups in total. The third-order valence-corrected chi connectivity index (χ3v) is 2.96. The zero-order chi connectivity index (χ0) is 8.72. The molecule has 0 amide bonds. The monoisotopic (exact) mass is 164 g/mol. The van der Waals surface area contributed by atoms with Gasteiger partial charge in [-0.2, -0.15) is 0 Å². The topological polar surface area (TPSA) is 34.1 Å². The van der Waals surface area contributed by atoms with Crippen LogP contribution in [0, 0.1) is 17.8 Å². The third kappa shape index (κ3) is 0.942. The fraction of sp³-hybridized carbons (Fsp3) is 0.600. The van der Waals surface area contributed by atoms with Gasteiger partial charge in [0, 0.05) is 11.8 Å². The molecule has 12 heavy (non-hydrogen) atoms. The van der Waals surface area contributed by atoms with Gasteiger partial charge in [0.2, 0.25) is 0 Å². The van der Waals surface area contributed by atoms with E-state index in [9.17, 15) is 9.59 Å². The molecular formula is C10H12O2. The van der Waals surface area contributed by atoms with Gasteiger partial charge in [0.25, 0.3) is 0 Å². The first-order chi connectivity index (χ1) is 5.70. The fourth-order valence-corrected chi connectivity index (χ4v) is 2.34. The minimum atomic E-state index is 0.00231. The van der Waals surface area contributed by atoms with Crippen LogP contribution in [-0.2, 0) is 9.59 Å². The number of carbonyl (C=O) groups is 2. The molecule has 0 aromatic carbocycles. The summed E-state index contributed by atoms with van der Waals surface area (Å²) in [5, 5.41) is 0. The van der Waals surface area contributed by atoms with E-state index in [0.29, 0.717) is 0 Å². The number of rotatable bonds is 0. The van der Waals surface area contributed by atoms with Crippen molar-refractivity contribution in [2.24, 2.45) is 17.8 Å². The maximum absolute atomic E-state index is 11.4. The van der Waals surface area contributed by atoms with Crippen LogP contribution in [0.25, 0.3) is 0 Å². The molecule has 0 aliphatic heterocycles. The van der Waals surface area contributed by atoms with Crippen molar-refractivity contribution < 1.29 is 9.59 Å². The van der Waals surface area contributed by atoms with Crippen molar-refractivity contribution in [3.05, 3.63) is 12.2 Å². The summed E-state index contributed by atoms with van der Waals surface area (Å²) in [6, 6.07) is 0. The quantitative estimate of drug-likeness (QED) is 0.400. The van der Waals surface area contributed by atoms with Gasteiger partial charge in [-0.05, 0) is 12.3 Å². The highest BCUT2D eigenvalue weighted by atomic mass is 16.2. The number of hydrogen-bond acceptors (Lipinski definition) is 2. The molecule has 3 atom stereocenters. The normalized spacial score (nSPS) is 40.2. The Bertz CT molecular complexity index is 265. The second-order valence-electron chi connectivity index (χ2n) is 3.76. The molecule has 64 valence electrons. The van der Waals surface area contributed by atoms with Crippen LogP contribution in [0.5, 0.6) is 0 Å². The van der Waals surface area contributed by atoms with Crippen LogP contribution in [-0.4, -0.2) is 11.6 Å². The smallest absolute Gasteiger partial charge is 0.144 e. The first kappa shape index (κ1) is 7.71. The fourth-order valence-electron chi connectivity index (χ4n) is 2.34. The van der Waals surface area contributed by atoms with E-state index in [0.717, 1.165) is 6.42 Å². The highest BCUT2D eigenvalue weighted by molar-refractivity contribution is 6.08. The summed E-state index contributed by atoms with van der Waals surface area (Å²) in [4.78, 5) is 22.7. The largest absolute Gasteiger partial charge is 0.299 e. The molecule has 0 radical (unpaired) electrons. The van der Waals surface area contributed by atoms with Crippen molar-refractivity contribution in [1.29, 1.82) is 0 Å². The minimum Gasteiger partial charge on any atom is -0.299 e. The van der Waals surface area contributed by atoms with Crippen LogP contribution in [0.3, 0.4) is 0 Å². The zero-order valence-corrected chi connectivity index (χ0v) is 7.12. The minimum absolute atomic E-state index is 0.00231. The van der Waals surface area contributed by atoms with Crippen LogP contribution in [0.1, 0.15) is 19.8 Å². The van der Waals surface area contributed by atoms with Crippen molar-refractivity contribution in [3.8, 4) is 0 Å². The Morgan fingerprint density at radius 3 is 2.75 bits per heavy atom. The first-order valence-electron chi connectivity index (χ1n) is 4.42. The van der Waals surface area contributed by atoms with Gasteiger partial charge < -0.3 is 0 Å². The molecule has 0 aromatic rings. The van der Waals surface area contributed by atoms with E-state index < -0.39 is 0 Å². The maximum atomic E-state index is 11.4. The second kappa shape index (κ2) is 2.54. The summed E-state index contributed by atoms with van der Waals surface area (Å²) in [6.45, 7) is 2.02. The molecule has 1 fully saturated rings. The maximum Gasteiger partial charge on any atom is 0.144 e. The molecular weight excluding hydrogens is 152 g/mol. The van der Waals surface area contributed by atoms with Crippen molar-refractivity contribution in [2.75, 3.05) is 0 Å². The lowest BCUT2D eigenvalue weighted by Crippen LogP contribution is -2.25. The predicted octanol–water partition coefficient (Wildman–Crippen LogP) is 1.36. The van der Waals surface area contributed by atoms with Gasteiger partial charge in [-0.1, -0.05) is 19.1 Å². The number of ketones is 2. The number of carbonyl (C=O) groups excluding carboxylic acids is 2. The molecule has 2 nitrogen and oxygen atoms in total. The predicted molar refractivity (Wildman–Crippen MR) is 44.5 cm³/mol. The van der Waals surface area contributed by atoms with Gasteiger partial charge in [0.15, 0.2) is 0 Å². The average Bonchev–Trinajstić information content (AvgIpc) is 2.29. The standard InChI is InChI=1S/C10H12O2/c1-6-3-2-4-7-8(11)5-9(12)10(6)7/h2-3,6-7,10H,4-5H2,1H3. The molecule has 2 aliphatic rings. The molecule has 2 heteroatoms. The summed E-state index contributed by atoms with van der Waals surface area (Å²) in [5.74, 6) is 0.589.